The molecule has 8 heterocycles. The van der Waals surface area contributed by atoms with Crippen LogP contribution < -0.4 is 48.9 Å². The third kappa shape index (κ3) is 8.06. The molecule has 12 rings (SSSR count). The van der Waals surface area contributed by atoms with Crippen molar-refractivity contribution in [1.29, 1.82) is 10.5 Å². The lowest BCUT2D eigenvalue weighted by Gasteiger charge is -2.60. The number of nitrogens with one attached hydrogen (secondary N) is 1. The van der Waals surface area contributed by atoms with E-state index in [1.165, 1.54) is 13.8 Å². The summed E-state index contributed by atoms with van der Waals surface area (Å²) >= 11 is 0. The molecule has 0 saturated carbocycles. The fraction of sp³-hybridized carbons (Fsp3) is 0.508. The predicted molar refractivity (Wildman–Crippen MR) is 287 cm³/mol. The third-order valence-corrected chi connectivity index (χ3v) is 18.1. The van der Waals surface area contributed by atoms with Crippen molar-refractivity contribution < 1.29 is 62.5 Å². The fourth-order valence-electron chi connectivity index (χ4n) is 15.0. The number of likely N-dealkylation sites (N-methyl/N-ethyl adjacent to an activating group) is 2. The van der Waals surface area contributed by atoms with Crippen molar-refractivity contribution in [3.63, 3.8) is 0 Å². The molecule has 80 heavy (non-hydrogen) atoms. The van der Waals surface area contributed by atoms with E-state index in [2.05, 4.69) is 43.1 Å². The summed E-state index contributed by atoms with van der Waals surface area (Å²) in [5.74, 6) is 3.16. The number of carbonyl (C=O) groups is 3. The maximum Gasteiger partial charge on any atom is 0.308 e. The first-order valence-corrected chi connectivity index (χ1v) is 27.2. The summed E-state index contributed by atoms with van der Waals surface area (Å²) in [4.78, 5) is 45.9. The molecule has 2 unspecified atom stereocenters. The molecule has 0 spiro atoms. The van der Waals surface area contributed by atoms with E-state index >= 15 is 0 Å². The molecule has 0 aliphatic carbocycles. The van der Waals surface area contributed by atoms with Crippen molar-refractivity contribution in [3.05, 3.63) is 78.9 Å². The molecule has 21 heteroatoms. The van der Waals surface area contributed by atoms with Gasteiger partial charge in [0.05, 0.1) is 50.5 Å². The van der Waals surface area contributed by atoms with E-state index in [1.807, 2.05) is 47.9 Å². The number of amides is 1. The lowest BCUT2D eigenvalue weighted by molar-refractivity contribution is -0.133. The Morgan fingerprint density at radius 1 is 0.650 bits per heavy atom. The molecule has 4 bridgehead atoms. The number of esters is 2. The Labute approximate surface area is 464 Å². The number of benzene rings is 4. The van der Waals surface area contributed by atoms with Gasteiger partial charge in [0.15, 0.2) is 46.0 Å². The summed E-state index contributed by atoms with van der Waals surface area (Å²) in [7, 11) is 7.10. The highest BCUT2D eigenvalue weighted by atomic mass is 16.7. The minimum absolute atomic E-state index is 0.0136. The number of carbonyl (C=O) groups excluding carboxylic acids is 3. The van der Waals surface area contributed by atoms with Crippen LogP contribution in [0.3, 0.4) is 0 Å². The number of ether oxygens (including phenoxy) is 8. The van der Waals surface area contributed by atoms with Crippen LogP contribution in [0.1, 0.15) is 118 Å². The second kappa shape index (κ2) is 20.5. The molecular formula is C59H68N8O13. The molecule has 21 nitrogen and oxygen atoms in total. The van der Waals surface area contributed by atoms with Gasteiger partial charge in [0.25, 0.3) is 0 Å². The molecule has 2 saturated heterocycles. The summed E-state index contributed by atoms with van der Waals surface area (Å²) in [6.07, 6.45) is 2.34. The molecule has 1 amide bonds. The minimum Gasteiger partial charge on any atom is -0.504 e. The normalized spacial score (nSPS) is 26.3. The third-order valence-electron chi connectivity index (χ3n) is 18.1. The number of methoxy groups -OCH3 is 2. The number of aryl methyl sites for hydroxylation is 2. The first kappa shape index (κ1) is 54.4. The predicted octanol–water partition coefficient (Wildman–Crippen LogP) is 5.37. The lowest BCUT2D eigenvalue weighted by atomic mass is 9.71. The van der Waals surface area contributed by atoms with Crippen molar-refractivity contribution in [2.24, 2.45) is 5.73 Å². The molecule has 4 aromatic rings. The number of hydrogen-bond donors (Lipinski definition) is 4. The maximum atomic E-state index is 12.6. The molecule has 0 aromatic heterocycles. The Morgan fingerprint density at radius 3 is 1.45 bits per heavy atom. The zero-order chi connectivity index (χ0) is 57.1. The van der Waals surface area contributed by atoms with Gasteiger partial charge < -0.3 is 59.2 Å². The number of phenolic OH excluding ortho intramolecular Hbond substituents is 2. The largest absolute Gasteiger partial charge is 0.504 e. The number of aromatic hydroxyl groups is 2. The molecule has 8 aliphatic heterocycles. The van der Waals surface area contributed by atoms with E-state index in [0.717, 1.165) is 55.6 Å². The number of nitrogens with zero attached hydrogens (tertiary/aromatic N) is 6. The molecular weight excluding hydrogens is 1030 g/mol. The van der Waals surface area contributed by atoms with Gasteiger partial charge in [0, 0.05) is 102 Å². The Hall–Kier alpha value is -7.53. The highest BCUT2D eigenvalue weighted by molar-refractivity contribution is 5.77. The molecule has 2 fully saturated rings. The van der Waals surface area contributed by atoms with Crippen molar-refractivity contribution in [2.75, 3.05) is 55.0 Å². The van der Waals surface area contributed by atoms with E-state index in [1.54, 1.807) is 21.1 Å². The molecule has 8 aliphatic rings. The summed E-state index contributed by atoms with van der Waals surface area (Å²) < 4.78 is 46.5. The topological polar surface area (TPSA) is 264 Å². The highest BCUT2D eigenvalue weighted by Gasteiger charge is 2.59. The van der Waals surface area contributed by atoms with Crippen molar-refractivity contribution in [3.8, 4) is 69.6 Å². The van der Waals surface area contributed by atoms with Gasteiger partial charge in [-0.2, -0.15) is 10.5 Å². The van der Waals surface area contributed by atoms with E-state index in [9.17, 15) is 35.1 Å². The molecule has 5 N–H and O–H groups in total. The Kier molecular flexibility index (Phi) is 14.0. The van der Waals surface area contributed by atoms with Gasteiger partial charge in [-0.25, -0.2) is 0 Å². The quantitative estimate of drug-likeness (QED) is 0.128. The SMILES string of the molecule is CCC(=O)NC[C@H]1c2c(c(OC(C)=O)c(C)c3c2OCO3)CC2[C@H]3c4c(cc(C)c(OC)c4O)C[C@@H]([C@H](C#N)N21)N3C.COc1c(C)cc2c(c1O)[C@@H]1C3Cc4c(OC(C)=O)c(C)c5c(c4[C@H](CN)N3[C@@H](C#N)[C@H](C2)N1C)OCO5. The van der Waals surface area contributed by atoms with Gasteiger partial charge in [-0.15, -0.1) is 0 Å². The Morgan fingerprint density at radius 2 is 1.06 bits per heavy atom. The van der Waals surface area contributed by atoms with Crippen LogP contribution in [0.5, 0.6) is 57.5 Å². The molecule has 10 atom stereocenters. The highest BCUT2D eigenvalue weighted by Crippen LogP contribution is 2.61. The Bertz CT molecular complexity index is 3370. The van der Waals surface area contributed by atoms with Gasteiger partial charge in [0.2, 0.25) is 19.5 Å². The number of piperazine rings is 2. The first-order valence-electron chi connectivity index (χ1n) is 27.2. The molecule has 422 valence electrons. The number of hydrogen-bond acceptors (Lipinski definition) is 20. The van der Waals surface area contributed by atoms with E-state index in [0.29, 0.717) is 89.2 Å². The van der Waals surface area contributed by atoms with Gasteiger partial charge in [-0.1, -0.05) is 19.1 Å². The zero-order valence-electron chi connectivity index (χ0n) is 46.9. The van der Waals surface area contributed by atoms with E-state index < -0.39 is 30.1 Å². The van der Waals surface area contributed by atoms with E-state index in [4.69, 9.17) is 43.6 Å². The molecule has 4 aromatic carbocycles. The van der Waals surface area contributed by atoms with Crippen LogP contribution in [-0.2, 0) is 40.1 Å². The lowest BCUT2D eigenvalue weighted by Crippen LogP contribution is -2.68. The fourth-order valence-corrected chi connectivity index (χ4v) is 15.0. The average Bonchev–Trinajstić information content (AvgIpc) is 4.25. The van der Waals surface area contributed by atoms with Crippen LogP contribution in [0.2, 0.25) is 0 Å². The van der Waals surface area contributed by atoms with Crippen LogP contribution >= 0.6 is 0 Å². The zero-order valence-corrected chi connectivity index (χ0v) is 46.9. The van der Waals surface area contributed by atoms with Crippen LogP contribution in [-0.4, -0.2) is 139 Å². The van der Waals surface area contributed by atoms with Gasteiger partial charge in [-0.05, 0) is 89.7 Å². The summed E-state index contributed by atoms with van der Waals surface area (Å²) in [6, 6.07) is 6.00. The minimum atomic E-state index is -0.540. The van der Waals surface area contributed by atoms with Gasteiger partial charge >= 0.3 is 11.9 Å². The van der Waals surface area contributed by atoms with Gasteiger partial charge in [-0.3, -0.25) is 34.0 Å². The molecule has 0 radical (unpaired) electrons. The summed E-state index contributed by atoms with van der Waals surface area (Å²) in [5, 5.41) is 47.3. The van der Waals surface area contributed by atoms with Crippen LogP contribution in [0.25, 0.3) is 0 Å². The van der Waals surface area contributed by atoms with Crippen LogP contribution in [0.4, 0.5) is 0 Å². The number of fused-ring (bicyclic) bond motifs is 18. The summed E-state index contributed by atoms with van der Waals surface area (Å²) in [6.45, 7) is 12.5. The van der Waals surface area contributed by atoms with Crippen LogP contribution in [0.15, 0.2) is 12.1 Å². The number of phenols is 2. The first-order chi connectivity index (χ1) is 38.3. The Balaban J connectivity index is 0.000000170. The van der Waals surface area contributed by atoms with Gasteiger partial charge in [0.1, 0.15) is 23.6 Å². The average molecular weight is 1100 g/mol. The van der Waals surface area contributed by atoms with Crippen molar-refractivity contribution in [2.45, 2.75) is 141 Å². The number of rotatable bonds is 8. The summed E-state index contributed by atoms with van der Waals surface area (Å²) in [5.41, 5.74) is 16.3. The number of nitrogens with two attached hydrogens (primary N) is 1. The standard InChI is InChI=1S/C31H36N4O7.C28H32N4O6/c1-7-23(37)33-12-22-25-18(29(42-16(4)36)15(3)30-31(25)41-13-40-30)10-20-26-24-17(8-14(2)28(39-6)27(24)38)9-19(34(26)5)21(11-32)35(20)22;1-12-6-15-7-17-19(9-29)32-18(23(31(17)4)21(15)24(34)25(12)35-5)8-16-22(20(32)10-30)28-27(36-11-37-28)13(2)26(16)38-14(3)33/h8,19-22,26,38H,7,9-10,12-13H2,1-6H3,(H,33,37);6,17-20,23,34H,7-8,10-11,30H2,1-5H3/t19-,20?,21-,22-,26-;17-,18?,19-,20-,23-/m00/s1. The second-order valence-corrected chi connectivity index (χ2v) is 22.1. The van der Waals surface area contributed by atoms with Crippen LogP contribution in [0, 0.1) is 50.4 Å². The smallest absolute Gasteiger partial charge is 0.308 e. The monoisotopic (exact) mass is 1100 g/mol. The van der Waals surface area contributed by atoms with E-state index in [-0.39, 0.29) is 86.4 Å². The number of nitriles is 2. The van der Waals surface area contributed by atoms with Crippen molar-refractivity contribution >= 4 is 17.8 Å². The van der Waals surface area contributed by atoms with Crippen molar-refractivity contribution in [1.82, 2.24) is 24.9 Å². The second-order valence-electron chi connectivity index (χ2n) is 22.1. The maximum absolute atomic E-state index is 12.6.